The summed E-state index contributed by atoms with van der Waals surface area (Å²) in [6.45, 7) is 3.86. The number of halogens is 2. The van der Waals surface area contributed by atoms with Crippen molar-refractivity contribution in [3.8, 4) is 5.69 Å². The third kappa shape index (κ3) is 3.80. The Morgan fingerprint density at radius 2 is 1.79 bits per heavy atom. The van der Waals surface area contributed by atoms with Crippen molar-refractivity contribution in [2.24, 2.45) is 5.92 Å². The van der Waals surface area contributed by atoms with Gasteiger partial charge in [-0.15, -0.1) is 10.2 Å². The van der Waals surface area contributed by atoms with E-state index in [0.717, 1.165) is 67.9 Å². The zero-order valence-electron chi connectivity index (χ0n) is 18.0. The molecule has 2 fully saturated rings. The molecule has 2 aromatic heterocycles. The van der Waals surface area contributed by atoms with Gasteiger partial charge in [-0.05, 0) is 48.7 Å². The van der Waals surface area contributed by atoms with Crippen LogP contribution >= 0.6 is 11.6 Å². The van der Waals surface area contributed by atoms with E-state index in [1.165, 1.54) is 12.3 Å². The fourth-order valence-corrected chi connectivity index (χ4v) is 4.82. The van der Waals surface area contributed by atoms with Crippen LogP contribution < -0.4 is 9.80 Å². The SMILES string of the molecule is O=C(C1CC1)N1Cc2cc(Cl)ccc2-n2c(nnc2N2CCN(c3ccc(F)cn3)CC2)C1. The summed E-state index contributed by atoms with van der Waals surface area (Å²) in [7, 11) is 0. The van der Waals surface area contributed by atoms with Crippen molar-refractivity contribution in [1.29, 1.82) is 0 Å². The lowest BCUT2D eigenvalue weighted by molar-refractivity contribution is -0.133. The largest absolute Gasteiger partial charge is 0.353 e. The molecule has 33 heavy (non-hydrogen) atoms. The molecule has 0 bridgehead atoms. The maximum Gasteiger partial charge on any atom is 0.232 e. The van der Waals surface area contributed by atoms with Gasteiger partial charge in [-0.3, -0.25) is 9.36 Å². The number of hydrogen-bond acceptors (Lipinski definition) is 6. The standard InChI is InChI=1S/C23H23ClFN7O/c24-17-3-5-19-16(11-17)13-31(22(33)15-1-2-15)14-21-27-28-23(32(19)21)30-9-7-29(8-10-30)20-6-4-18(25)12-26-20/h3-6,11-12,15H,1-2,7-10,13-14H2. The first-order valence-corrected chi connectivity index (χ1v) is 11.6. The summed E-state index contributed by atoms with van der Waals surface area (Å²) in [4.78, 5) is 23.3. The number of rotatable bonds is 3. The molecule has 2 aliphatic heterocycles. The molecule has 1 amide bonds. The molecule has 1 saturated carbocycles. The van der Waals surface area contributed by atoms with Crippen molar-refractivity contribution in [3.05, 3.63) is 58.8 Å². The van der Waals surface area contributed by atoms with E-state index in [9.17, 15) is 9.18 Å². The second-order valence-corrected chi connectivity index (χ2v) is 9.24. The van der Waals surface area contributed by atoms with Gasteiger partial charge in [0, 0.05) is 43.7 Å². The quantitative estimate of drug-likeness (QED) is 0.589. The number of aromatic nitrogens is 4. The van der Waals surface area contributed by atoms with E-state index < -0.39 is 0 Å². The molecule has 6 rings (SSSR count). The average molecular weight is 468 g/mol. The molecule has 3 aromatic rings. The van der Waals surface area contributed by atoms with E-state index in [1.54, 1.807) is 6.07 Å². The molecular weight excluding hydrogens is 445 g/mol. The monoisotopic (exact) mass is 467 g/mol. The third-order valence-electron chi connectivity index (χ3n) is 6.53. The Labute approximate surface area is 195 Å². The number of pyridine rings is 1. The van der Waals surface area contributed by atoms with Crippen LogP contribution in [-0.4, -0.2) is 56.7 Å². The van der Waals surface area contributed by atoms with Gasteiger partial charge in [0.2, 0.25) is 11.9 Å². The maximum atomic E-state index is 13.2. The molecule has 3 aliphatic rings. The molecular formula is C23H23ClFN7O. The second kappa shape index (κ2) is 7.98. The van der Waals surface area contributed by atoms with Crippen molar-refractivity contribution >= 4 is 29.3 Å². The summed E-state index contributed by atoms with van der Waals surface area (Å²) in [5, 5.41) is 9.67. The average Bonchev–Trinajstić information content (AvgIpc) is 3.62. The first kappa shape index (κ1) is 20.4. The Balaban J connectivity index is 1.30. The number of benzene rings is 1. The minimum absolute atomic E-state index is 0.134. The molecule has 0 N–H and O–H groups in total. The molecule has 0 radical (unpaired) electrons. The van der Waals surface area contributed by atoms with E-state index in [4.69, 9.17) is 11.6 Å². The Bertz CT molecular complexity index is 1200. The van der Waals surface area contributed by atoms with Crippen molar-refractivity contribution in [2.75, 3.05) is 36.0 Å². The minimum atomic E-state index is -0.337. The van der Waals surface area contributed by atoms with E-state index in [0.29, 0.717) is 18.1 Å². The van der Waals surface area contributed by atoms with Crippen LogP contribution in [0.1, 0.15) is 24.2 Å². The first-order valence-electron chi connectivity index (χ1n) is 11.2. The number of carbonyl (C=O) groups is 1. The van der Waals surface area contributed by atoms with Gasteiger partial charge in [-0.25, -0.2) is 9.37 Å². The Kier molecular flexibility index (Phi) is 4.94. The van der Waals surface area contributed by atoms with Crippen LogP contribution in [0.15, 0.2) is 36.5 Å². The molecule has 1 aromatic carbocycles. The fourth-order valence-electron chi connectivity index (χ4n) is 4.63. The van der Waals surface area contributed by atoms with Crippen molar-refractivity contribution in [3.63, 3.8) is 0 Å². The molecule has 0 atom stereocenters. The van der Waals surface area contributed by atoms with Gasteiger partial charge in [0.05, 0.1) is 18.4 Å². The summed E-state index contributed by atoms with van der Waals surface area (Å²) in [6.07, 6.45) is 3.17. The summed E-state index contributed by atoms with van der Waals surface area (Å²) >= 11 is 6.32. The lowest BCUT2D eigenvalue weighted by Gasteiger charge is -2.35. The highest BCUT2D eigenvalue weighted by atomic mass is 35.5. The summed E-state index contributed by atoms with van der Waals surface area (Å²) in [5.74, 6) is 2.26. The van der Waals surface area contributed by atoms with Gasteiger partial charge in [-0.1, -0.05) is 11.6 Å². The number of fused-ring (bicyclic) bond motifs is 3. The molecule has 0 unspecified atom stereocenters. The predicted molar refractivity (Wildman–Crippen MR) is 122 cm³/mol. The highest BCUT2D eigenvalue weighted by molar-refractivity contribution is 6.30. The summed E-state index contributed by atoms with van der Waals surface area (Å²) < 4.78 is 15.3. The van der Waals surface area contributed by atoms with Gasteiger partial charge < -0.3 is 14.7 Å². The molecule has 8 nitrogen and oxygen atoms in total. The van der Waals surface area contributed by atoms with Gasteiger partial charge in [0.1, 0.15) is 11.6 Å². The van der Waals surface area contributed by atoms with E-state index in [2.05, 4.69) is 29.5 Å². The molecule has 1 saturated heterocycles. The highest BCUT2D eigenvalue weighted by Gasteiger charge is 2.36. The lowest BCUT2D eigenvalue weighted by atomic mass is 10.1. The third-order valence-corrected chi connectivity index (χ3v) is 6.76. The van der Waals surface area contributed by atoms with Gasteiger partial charge >= 0.3 is 0 Å². The van der Waals surface area contributed by atoms with E-state index >= 15 is 0 Å². The van der Waals surface area contributed by atoms with Crippen LogP contribution in [0, 0.1) is 11.7 Å². The van der Waals surface area contributed by atoms with E-state index in [1.807, 2.05) is 23.1 Å². The van der Waals surface area contributed by atoms with Gasteiger partial charge in [0.25, 0.3) is 0 Å². The number of hydrogen-bond donors (Lipinski definition) is 0. The van der Waals surface area contributed by atoms with Crippen LogP contribution in [0.4, 0.5) is 16.2 Å². The highest BCUT2D eigenvalue weighted by Crippen LogP contribution is 2.35. The number of piperazine rings is 1. The van der Waals surface area contributed by atoms with Crippen molar-refractivity contribution < 1.29 is 9.18 Å². The number of anilines is 2. The first-order chi connectivity index (χ1) is 16.1. The molecule has 4 heterocycles. The van der Waals surface area contributed by atoms with E-state index in [-0.39, 0.29) is 17.6 Å². The normalized spacial score (nSPS) is 18.1. The number of carbonyl (C=O) groups excluding carboxylic acids is 1. The Hall–Kier alpha value is -3.20. The van der Waals surface area contributed by atoms with Crippen LogP contribution in [0.25, 0.3) is 5.69 Å². The smallest absolute Gasteiger partial charge is 0.232 e. The number of nitrogens with zero attached hydrogens (tertiary/aromatic N) is 7. The topological polar surface area (TPSA) is 70.4 Å². The predicted octanol–water partition coefficient (Wildman–Crippen LogP) is 3.03. The van der Waals surface area contributed by atoms with Gasteiger partial charge in [0.15, 0.2) is 5.82 Å². The molecule has 1 aliphatic carbocycles. The van der Waals surface area contributed by atoms with Crippen LogP contribution in [0.5, 0.6) is 0 Å². The van der Waals surface area contributed by atoms with Crippen LogP contribution in [0.2, 0.25) is 5.02 Å². The maximum absolute atomic E-state index is 13.2. The second-order valence-electron chi connectivity index (χ2n) is 8.80. The van der Waals surface area contributed by atoms with Crippen molar-refractivity contribution in [1.82, 2.24) is 24.6 Å². The summed E-state index contributed by atoms with van der Waals surface area (Å²) in [6, 6.07) is 8.92. The summed E-state index contributed by atoms with van der Waals surface area (Å²) in [5.41, 5.74) is 1.95. The zero-order chi connectivity index (χ0) is 22.5. The molecule has 10 heteroatoms. The molecule has 170 valence electrons. The molecule has 0 spiro atoms. The Morgan fingerprint density at radius 3 is 2.52 bits per heavy atom. The lowest BCUT2D eigenvalue weighted by Crippen LogP contribution is -2.47. The number of amides is 1. The minimum Gasteiger partial charge on any atom is -0.353 e. The van der Waals surface area contributed by atoms with Crippen molar-refractivity contribution in [2.45, 2.75) is 25.9 Å². The van der Waals surface area contributed by atoms with Crippen LogP contribution in [-0.2, 0) is 17.9 Å². The zero-order valence-corrected chi connectivity index (χ0v) is 18.7. The van der Waals surface area contributed by atoms with Crippen LogP contribution in [0.3, 0.4) is 0 Å². The Morgan fingerprint density at radius 1 is 1.00 bits per heavy atom. The van der Waals surface area contributed by atoms with Gasteiger partial charge in [-0.2, -0.15) is 0 Å². The fraction of sp³-hybridized carbons (Fsp3) is 0.391.